The molecule has 1 aromatic heterocycles. The van der Waals surface area contributed by atoms with E-state index in [2.05, 4.69) is 26.9 Å². The second kappa shape index (κ2) is 8.67. The molecule has 110 valence electrons. The Morgan fingerprint density at radius 3 is 2.58 bits per heavy atom. The fraction of sp³-hybridized carbons (Fsp3) is 0.667. The molecule has 0 bridgehead atoms. The number of halogens is 1. The number of sulfonamides is 1. The molecule has 3 nitrogen and oxygen atoms in total. The Morgan fingerprint density at radius 1 is 1.32 bits per heavy atom. The van der Waals surface area contributed by atoms with Crippen molar-refractivity contribution in [2.75, 3.05) is 18.6 Å². The van der Waals surface area contributed by atoms with Gasteiger partial charge in [0, 0.05) is 6.54 Å². The normalized spacial score (nSPS) is 11.9. The van der Waals surface area contributed by atoms with Crippen LogP contribution in [0.1, 0.15) is 31.2 Å². The molecule has 1 N–H and O–H groups in total. The molecule has 1 aromatic rings. The molecule has 0 radical (unpaired) electrons. The van der Waals surface area contributed by atoms with E-state index in [0.29, 0.717) is 10.8 Å². The Hall–Kier alpha value is 0.440. The lowest BCUT2D eigenvalue weighted by Gasteiger charge is -2.04. The Bertz CT molecular complexity index is 466. The van der Waals surface area contributed by atoms with Gasteiger partial charge in [-0.3, -0.25) is 0 Å². The molecule has 7 heteroatoms. The van der Waals surface area contributed by atoms with Crippen LogP contribution in [0.5, 0.6) is 0 Å². The molecule has 0 amide bonds. The maximum absolute atomic E-state index is 12.0. The van der Waals surface area contributed by atoms with Gasteiger partial charge in [-0.2, -0.15) is 11.8 Å². The molecule has 0 aliphatic rings. The smallest absolute Gasteiger partial charge is 0.210 e. The number of unbranched alkanes of at least 4 members (excludes halogenated alkanes) is 3. The molecular formula is C12H20BrNO2S3. The first-order valence-corrected chi connectivity index (χ1v) is 10.7. The fourth-order valence-electron chi connectivity index (χ4n) is 1.57. The largest absolute Gasteiger partial charge is 0.250 e. The van der Waals surface area contributed by atoms with Gasteiger partial charge in [0.2, 0.25) is 10.0 Å². The van der Waals surface area contributed by atoms with Crippen molar-refractivity contribution >= 4 is 49.1 Å². The standard InChI is InChI=1S/C12H20BrNO2S3/c1-10-9-11(18-12(10)13)19(15,16)14-7-5-3-4-6-8-17-2/h9,14H,3-8H2,1-2H3. The quantitative estimate of drug-likeness (QED) is 0.652. The second-order valence-corrected chi connectivity index (χ2v) is 9.68. The van der Waals surface area contributed by atoms with Crippen molar-refractivity contribution in [3.63, 3.8) is 0 Å². The summed E-state index contributed by atoms with van der Waals surface area (Å²) in [6.45, 7) is 2.42. The summed E-state index contributed by atoms with van der Waals surface area (Å²) < 4.78 is 27.9. The van der Waals surface area contributed by atoms with Gasteiger partial charge in [0.1, 0.15) is 4.21 Å². The van der Waals surface area contributed by atoms with E-state index in [9.17, 15) is 8.42 Å². The van der Waals surface area contributed by atoms with Gasteiger partial charge in [-0.05, 0) is 59.3 Å². The van der Waals surface area contributed by atoms with Crippen LogP contribution >= 0.6 is 39.0 Å². The minimum absolute atomic E-state index is 0.388. The minimum Gasteiger partial charge on any atom is -0.210 e. The number of nitrogens with one attached hydrogen (secondary N) is 1. The monoisotopic (exact) mass is 385 g/mol. The lowest BCUT2D eigenvalue weighted by Crippen LogP contribution is -2.23. The Kier molecular flexibility index (Phi) is 7.98. The molecular weight excluding hydrogens is 366 g/mol. The zero-order valence-electron chi connectivity index (χ0n) is 11.2. The van der Waals surface area contributed by atoms with E-state index < -0.39 is 10.0 Å². The summed E-state index contributed by atoms with van der Waals surface area (Å²) in [5.41, 5.74) is 0.961. The van der Waals surface area contributed by atoms with Crippen molar-refractivity contribution in [2.24, 2.45) is 0 Å². The average molecular weight is 386 g/mol. The second-order valence-electron chi connectivity index (χ2n) is 4.33. The zero-order chi connectivity index (χ0) is 14.3. The summed E-state index contributed by atoms with van der Waals surface area (Å²) in [5, 5.41) is 0. The zero-order valence-corrected chi connectivity index (χ0v) is 15.3. The van der Waals surface area contributed by atoms with Crippen molar-refractivity contribution in [1.82, 2.24) is 4.72 Å². The summed E-state index contributed by atoms with van der Waals surface area (Å²) in [4.78, 5) is 0. The van der Waals surface area contributed by atoms with E-state index in [1.54, 1.807) is 6.07 Å². The SMILES string of the molecule is CSCCCCCCNS(=O)(=O)c1cc(C)c(Br)s1. The number of aryl methyl sites for hydroxylation is 1. The molecule has 0 fully saturated rings. The van der Waals surface area contributed by atoms with E-state index in [1.165, 1.54) is 29.9 Å². The van der Waals surface area contributed by atoms with Crippen molar-refractivity contribution in [2.45, 2.75) is 36.8 Å². The molecule has 1 rings (SSSR count). The molecule has 1 heterocycles. The first kappa shape index (κ1) is 17.5. The van der Waals surface area contributed by atoms with Crippen LogP contribution in [0.2, 0.25) is 0 Å². The molecule has 0 aliphatic heterocycles. The van der Waals surface area contributed by atoms with Crippen LogP contribution in [0.25, 0.3) is 0 Å². The van der Waals surface area contributed by atoms with E-state index in [-0.39, 0.29) is 0 Å². The third-order valence-electron chi connectivity index (χ3n) is 2.67. The predicted octanol–water partition coefficient (Wildman–Crippen LogP) is 4.02. The van der Waals surface area contributed by atoms with Crippen LogP contribution in [0, 0.1) is 6.92 Å². The van der Waals surface area contributed by atoms with Crippen LogP contribution in [0.3, 0.4) is 0 Å². The number of hydrogen-bond donors (Lipinski definition) is 1. The average Bonchev–Trinajstić information content (AvgIpc) is 2.69. The molecule has 0 aromatic carbocycles. The highest BCUT2D eigenvalue weighted by atomic mass is 79.9. The maximum Gasteiger partial charge on any atom is 0.250 e. The van der Waals surface area contributed by atoms with Gasteiger partial charge in [0.05, 0.1) is 3.79 Å². The predicted molar refractivity (Wildman–Crippen MR) is 88.8 cm³/mol. The summed E-state index contributed by atoms with van der Waals surface area (Å²) >= 11 is 6.47. The van der Waals surface area contributed by atoms with Crippen LogP contribution in [-0.4, -0.2) is 27.0 Å². The molecule has 0 saturated carbocycles. The fourth-order valence-corrected chi connectivity index (χ4v) is 5.40. The lowest BCUT2D eigenvalue weighted by molar-refractivity contribution is 0.576. The molecule has 0 aliphatic carbocycles. The summed E-state index contributed by atoms with van der Waals surface area (Å²) in [5.74, 6) is 1.19. The van der Waals surface area contributed by atoms with Crippen LogP contribution in [-0.2, 0) is 10.0 Å². The van der Waals surface area contributed by atoms with Gasteiger partial charge in [-0.25, -0.2) is 13.1 Å². The first-order valence-electron chi connectivity index (χ1n) is 6.22. The molecule has 0 spiro atoms. The molecule has 19 heavy (non-hydrogen) atoms. The van der Waals surface area contributed by atoms with E-state index in [1.807, 2.05) is 18.7 Å². The lowest BCUT2D eigenvalue weighted by atomic mass is 10.2. The number of thiophene rings is 1. The molecule has 0 saturated heterocycles. The highest BCUT2D eigenvalue weighted by Crippen LogP contribution is 2.30. The van der Waals surface area contributed by atoms with Gasteiger partial charge >= 0.3 is 0 Å². The van der Waals surface area contributed by atoms with Gasteiger partial charge in [0.15, 0.2) is 0 Å². The summed E-state index contributed by atoms with van der Waals surface area (Å²) in [6.07, 6.45) is 6.47. The summed E-state index contributed by atoms with van der Waals surface area (Å²) in [7, 11) is -3.32. The van der Waals surface area contributed by atoms with Crippen LogP contribution < -0.4 is 4.72 Å². The highest BCUT2D eigenvalue weighted by Gasteiger charge is 2.17. The number of thioether (sulfide) groups is 1. The van der Waals surface area contributed by atoms with Crippen LogP contribution in [0.4, 0.5) is 0 Å². The summed E-state index contributed by atoms with van der Waals surface area (Å²) in [6, 6.07) is 1.70. The van der Waals surface area contributed by atoms with Crippen molar-refractivity contribution in [1.29, 1.82) is 0 Å². The van der Waals surface area contributed by atoms with Gasteiger partial charge in [0.25, 0.3) is 0 Å². The van der Waals surface area contributed by atoms with E-state index in [4.69, 9.17) is 0 Å². The third kappa shape index (κ3) is 6.16. The first-order chi connectivity index (χ1) is 8.97. The van der Waals surface area contributed by atoms with Crippen molar-refractivity contribution < 1.29 is 8.42 Å². The maximum atomic E-state index is 12.0. The number of hydrogen-bond acceptors (Lipinski definition) is 4. The van der Waals surface area contributed by atoms with Gasteiger partial charge in [-0.1, -0.05) is 12.8 Å². The Morgan fingerprint density at radius 2 is 2.00 bits per heavy atom. The van der Waals surface area contributed by atoms with Crippen molar-refractivity contribution in [3.05, 3.63) is 15.4 Å². The highest BCUT2D eigenvalue weighted by molar-refractivity contribution is 9.11. The van der Waals surface area contributed by atoms with Gasteiger partial charge in [-0.15, -0.1) is 11.3 Å². The minimum atomic E-state index is -3.32. The van der Waals surface area contributed by atoms with E-state index >= 15 is 0 Å². The Labute approximate surface area is 132 Å². The van der Waals surface area contributed by atoms with E-state index in [0.717, 1.165) is 22.2 Å². The van der Waals surface area contributed by atoms with Crippen molar-refractivity contribution in [3.8, 4) is 0 Å². The Balaban J connectivity index is 2.32. The topological polar surface area (TPSA) is 46.2 Å². The third-order valence-corrected chi connectivity index (χ3v) is 7.43. The number of rotatable bonds is 9. The molecule has 0 unspecified atom stereocenters. The van der Waals surface area contributed by atoms with Gasteiger partial charge < -0.3 is 0 Å². The molecule has 0 atom stereocenters. The van der Waals surface area contributed by atoms with Crippen LogP contribution in [0.15, 0.2) is 14.1 Å².